The van der Waals surface area contributed by atoms with Gasteiger partial charge in [-0.2, -0.15) is 5.10 Å². The van der Waals surface area contributed by atoms with Gasteiger partial charge in [-0.1, -0.05) is 22.9 Å². The van der Waals surface area contributed by atoms with E-state index >= 15 is 0 Å². The second kappa shape index (κ2) is 6.21. The Balaban J connectivity index is 2.51. The molecule has 0 aliphatic heterocycles. The summed E-state index contributed by atoms with van der Waals surface area (Å²) in [4.78, 5) is 10.6. The molecule has 1 heterocycles. The van der Waals surface area contributed by atoms with E-state index in [1.54, 1.807) is 0 Å². The molecule has 0 aliphatic carbocycles. The zero-order chi connectivity index (χ0) is 15.6. The summed E-state index contributed by atoms with van der Waals surface area (Å²) >= 11 is 3.21. The van der Waals surface area contributed by atoms with Crippen molar-refractivity contribution in [1.29, 1.82) is 0 Å². The predicted octanol–water partition coefficient (Wildman–Crippen LogP) is 4.20. The van der Waals surface area contributed by atoms with E-state index in [4.69, 9.17) is 4.74 Å². The standard InChI is InChI=1S/C13H13BrFN3O3/c1-3-6-17-13(12(18(19)20)8(2)16-17)21-11-7-9(14)4-5-10(11)15/h4-5,7H,3,6H2,1-2H3. The van der Waals surface area contributed by atoms with Gasteiger partial charge in [-0.25, -0.2) is 9.07 Å². The van der Waals surface area contributed by atoms with Gasteiger partial charge in [0.1, 0.15) is 5.69 Å². The summed E-state index contributed by atoms with van der Waals surface area (Å²) < 4.78 is 21.2. The third-order valence-electron chi connectivity index (χ3n) is 2.77. The van der Waals surface area contributed by atoms with E-state index in [0.717, 1.165) is 6.42 Å². The molecule has 8 heteroatoms. The monoisotopic (exact) mass is 357 g/mol. The SMILES string of the molecule is CCCn1nc(C)c([N+](=O)[O-])c1Oc1cc(Br)ccc1F. The number of ether oxygens (including phenoxy) is 1. The van der Waals surface area contributed by atoms with Crippen LogP contribution in [0.5, 0.6) is 11.6 Å². The van der Waals surface area contributed by atoms with Gasteiger partial charge in [0.25, 0.3) is 5.88 Å². The summed E-state index contributed by atoms with van der Waals surface area (Å²) in [7, 11) is 0. The van der Waals surface area contributed by atoms with Crippen molar-refractivity contribution in [2.45, 2.75) is 26.8 Å². The van der Waals surface area contributed by atoms with Crippen molar-refractivity contribution in [3.63, 3.8) is 0 Å². The van der Waals surface area contributed by atoms with Crippen molar-refractivity contribution in [2.75, 3.05) is 0 Å². The van der Waals surface area contributed by atoms with Crippen LogP contribution in [0.4, 0.5) is 10.1 Å². The molecule has 112 valence electrons. The van der Waals surface area contributed by atoms with E-state index in [2.05, 4.69) is 21.0 Å². The number of rotatable bonds is 5. The molecule has 0 aliphatic rings. The first-order chi connectivity index (χ1) is 9.93. The van der Waals surface area contributed by atoms with E-state index in [1.807, 2.05) is 6.92 Å². The van der Waals surface area contributed by atoms with Crippen LogP contribution in [0.25, 0.3) is 0 Å². The highest BCUT2D eigenvalue weighted by Gasteiger charge is 2.28. The van der Waals surface area contributed by atoms with Gasteiger partial charge >= 0.3 is 5.69 Å². The van der Waals surface area contributed by atoms with Crippen molar-refractivity contribution in [2.24, 2.45) is 0 Å². The third-order valence-corrected chi connectivity index (χ3v) is 3.26. The highest BCUT2D eigenvalue weighted by atomic mass is 79.9. The molecule has 21 heavy (non-hydrogen) atoms. The summed E-state index contributed by atoms with van der Waals surface area (Å²) in [6, 6.07) is 4.15. The first kappa shape index (κ1) is 15.4. The van der Waals surface area contributed by atoms with Gasteiger partial charge in [-0.15, -0.1) is 0 Å². The Hall–Kier alpha value is -1.96. The van der Waals surface area contributed by atoms with Crippen LogP contribution in [0.1, 0.15) is 19.0 Å². The molecule has 0 amide bonds. The van der Waals surface area contributed by atoms with Crippen LogP contribution in [0.2, 0.25) is 0 Å². The Labute approximate surface area is 128 Å². The molecule has 0 radical (unpaired) electrons. The quantitative estimate of drug-likeness (QED) is 0.593. The lowest BCUT2D eigenvalue weighted by molar-refractivity contribution is -0.386. The zero-order valence-electron chi connectivity index (χ0n) is 11.5. The molecule has 0 saturated carbocycles. The Bertz CT molecular complexity index is 688. The summed E-state index contributed by atoms with van der Waals surface area (Å²) in [6.45, 7) is 3.88. The van der Waals surface area contributed by atoms with Crippen LogP contribution in [-0.4, -0.2) is 14.7 Å². The van der Waals surface area contributed by atoms with Crippen molar-refractivity contribution in [3.05, 3.63) is 44.3 Å². The highest BCUT2D eigenvalue weighted by molar-refractivity contribution is 9.10. The van der Waals surface area contributed by atoms with Crippen molar-refractivity contribution in [1.82, 2.24) is 9.78 Å². The normalized spacial score (nSPS) is 10.7. The lowest BCUT2D eigenvalue weighted by Crippen LogP contribution is -2.03. The van der Waals surface area contributed by atoms with Gasteiger partial charge in [0.15, 0.2) is 11.6 Å². The van der Waals surface area contributed by atoms with E-state index < -0.39 is 10.7 Å². The molecule has 6 nitrogen and oxygen atoms in total. The number of nitro groups is 1. The molecule has 0 fully saturated rings. The lowest BCUT2D eigenvalue weighted by atomic mass is 10.3. The molecule has 0 spiro atoms. The lowest BCUT2D eigenvalue weighted by Gasteiger charge is -2.08. The van der Waals surface area contributed by atoms with Gasteiger partial charge in [0, 0.05) is 11.0 Å². The smallest absolute Gasteiger partial charge is 0.353 e. The van der Waals surface area contributed by atoms with Crippen LogP contribution < -0.4 is 4.74 Å². The number of hydrogen-bond donors (Lipinski definition) is 0. The van der Waals surface area contributed by atoms with E-state index in [-0.39, 0.29) is 23.0 Å². The molecule has 1 aromatic heterocycles. The zero-order valence-corrected chi connectivity index (χ0v) is 13.1. The molecule has 1 aromatic carbocycles. The minimum Gasteiger partial charge on any atom is -0.431 e. The summed E-state index contributed by atoms with van der Waals surface area (Å²) in [5.74, 6) is -0.754. The Morgan fingerprint density at radius 1 is 1.52 bits per heavy atom. The van der Waals surface area contributed by atoms with Crippen molar-refractivity contribution in [3.8, 4) is 11.6 Å². The van der Waals surface area contributed by atoms with Crippen LogP contribution >= 0.6 is 15.9 Å². The molecule has 0 unspecified atom stereocenters. The second-order valence-electron chi connectivity index (χ2n) is 4.40. The molecule has 0 atom stereocenters. The Morgan fingerprint density at radius 3 is 2.86 bits per heavy atom. The average Bonchev–Trinajstić information content (AvgIpc) is 2.70. The summed E-state index contributed by atoms with van der Waals surface area (Å²) in [5, 5.41) is 15.3. The molecule has 0 N–H and O–H groups in total. The Morgan fingerprint density at radius 2 is 2.24 bits per heavy atom. The van der Waals surface area contributed by atoms with Crippen LogP contribution in [0, 0.1) is 22.9 Å². The van der Waals surface area contributed by atoms with Gasteiger partial charge in [-0.3, -0.25) is 10.1 Å². The Kier molecular flexibility index (Phi) is 4.56. The van der Waals surface area contributed by atoms with Gasteiger partial charge in [0.05, 0.1) is 4.92 Å². The summed E-state index contributed by atoms with van der Waals surface area (Å²) in [6.07, 6.45) is 0.718. The fraction of sp³-hybridized carbons (Fsp3) is 0.308. The number of halogens is 2. The predicted molar refractivity (Wildman–Crippen MR) is 78.1 cm³/mol. The number of nitrogens with zero attached hydrogens (tertiary/aromatic N) is 3. The second-order valence-corrected chi connectivity index (χ2v) is 5.31. The first-order valence-electron chi connectivity index (χ1n) is 6.28. The van der Waals surface area contributed by atoms with Gasteiger partial charge < -0.3 is 4.74 Å². The summed E-state index contributed by atoms with van der Waals surface area (Å²) in [5.41, 5.74) is -0.0123. The van der Waals surface area contributed by atoms with Crippen LogP contribution in [-0.2, 0) is 6.54 Å². The van der Waals surface area contributed by atoms with Gasteiger partial charge in [0.2, 0.25) is 0 Å². The first-order valence-corrected chi connectivity index (χ1v) is 7.08. The molecule has 0 bridgehead atoms. The number of aryl methyl sites for hydroxylation is 2. The molecule has 2 rings (SSSR count). The number of benzene rings is 1. The number of hydrogen-bond acceptors (Lipinski definition) is 4. The van der Waals surface area contributed by atoms with Crippen molar-refractivity contribution < 1.29 is 14.1 Å². The van der Waals surface area contributed by atoms with Crippen LogP contribution in [0.15, 0.2) is 22.7 Å². The minimum absolute atomic E-state index is 0.0589. The number of aromatic nitrogens is 2. The third kappa shape index (κ3) is 3.21. The maximum Gasteiger partial charge on any atom is 0.353 e. The molecule has 2 aromatic rings. The van der Waals surface area contributed by atoms with Crippen molar-refractivity contribution >= 4 is 21.6 Å². The fourth-order valence-corrected chi connectivity index (χ4v) is 2.23. The average molecular weight is 358 g/mol. The van der Waals surface area contributed by atoms with E-state index in [9.17, 15) is 14.5 Å². The maximum atomic E-state index is 13.8. The maximum absolute atomic E-state index is 13.8. The molecule has 0 saturated heterocycles. The molecular weight excluding hydrogens is 345 g/mol. The molecular formula is C13H13BrFN3O3. The van der Waals surface area contributed by atoms with Crippen LogP contribution in [0.3, 0.4) is 0 Å². The largest absolute Gasteiger partial charge is 0.431 e. The topological polar surface area (TPSA) is 70.2 Å². The van der Waals surface area contributed by atoms with E-state index in [0.29, 0.717) is 11.0 Å². The fourth-order valence-electron chi connectivity index (χ4n) is 1.88. The van der Waals surface area contributed by atoms with Gasteiger partial charge in [-0.05, 0) is 31.5 Å². The van der Waals surface area contributed by atoms with E-state index in [1.165, 1.54) is 29.8 Å². The minimum atomic E-state index is -0.602. The highest BCUT2D eigenvalue weighted by Crippen LogP contribution is 2.36.